The van der Waals surface area contributed by atoms with Crippen molar-refractivity contribution in [2.75, 3.05) is 17.2 Å². The first-order chi connectivity index (χ1) is 16.9. The fourth-order valence-corrected chi connectivity index (χ4v) is 4.66. The molecule has 0 radical (unpaired) electrons. The molecule has 0 spiro atoms. The molecule has 1 amide bonds. The molecule has 3 aromatic heterocycles. The molecule has 11 heteroatoms. The highest BCUT2D eigenvalue weighted by Crippen LogP contribution is 2.24. The van der Waals surface area contributed by atoms with Crippen LogP contribution in [0.2, 0.25) is 10.0 Å². The van der Waals surface area contributed by atoms with Crippen LogP contribution in [0.1, 0.15) is 15.2 Å². The average molecular weight is 525 g/mol. The fourth-order valence-electron chi connectivity index (χ4n) is 3.53. The van der Waals surface area contributed by atoms with E-state index in [2.05, 4.69) is 30.6 Å². The number of carbonyl (C=O) groups excluding carboxylic acids is 1. The van der Waals surface area contributed by atoms with E-state index in [1.165, 1.54) is 17.4 Å². The maximum atomic E-state index is 12.3. The molecule has 5 rings (SSSR count). The van der Waals surface area contributed by atoms with E-state index in [0.717, 1.165) is 11.1 Å². The largest absolute Gasteiger partial charge is 0.355 e. The van der Waals surface area contributed by atoms with Crippen LogP contribution in [-0.4, -0.2) is 32.4 Å². The Labute approximate surface area is 213 Å². The number of rotatable bonds is 7. The van der Waals surface area contributed by atoms with Gasteiger partial charge in [-0.05, 0) is 47.7 Å². The summed E-state index contributed by atoms with van der Waals surface area (Å²) in [6.45, 7) is 0.515. The number of fused-ring (bicyclic) bond motifs is 1. The van der Waals surface area contributed by atoms with E-state index >= 15 is 0 Å². The minimum absolute atomic E-state index is 0.230. The molecular weight excluding hydrogens is 507 g/mol. The number of aromatic amines is 2. The number of thiophene rings is 1. The molecule has 0 saturated heterocycles. The molecule has 5 aromatic rings. The van der Waals surface area contributed by atoms with Crippen LogP contribution in [-0.2, 0) is 6.42 Å². The second-order valence-electron chi connectivity index (χ2n) is 7.64. The molecule has 2 aromatic carbocycles. The van der Waals surface area contributed by atoms with Crippen molar-refractivity contribution < 1.29 is 4.79 Å². The van der Waals surface area contributed by atoms with Crippen molar-refractivity contribution in [3.63, 3.8) is 0 Å². The monoisotopic (exact) mass is 524 g/mol. The molecule has 35 heavy (non-hydrogen) atoms. The number of benzene rings is 2. The van der Waals surface area contributed by atoms with E-state index in [9.17, 15) is 9.59 Å². The summed E-state index contributed by atoms with van der Waals surface area (Å²) in [5, 5.41) is 8.91. The highest BCUT2D eigenvalue weighted by atomic mass is 35.5. The van der Waals surface area contributed by atoms with Crippen molar-refractivity contribution in [2.24, 2.45) is 0 Å². The summed E-state index contributed by atoms with van der Waals surface area (Å²) in [7, 11) is 0. The van der Waals surface area contributed by atoms with Gasteiger partial charge in [-0.2, -0.15) is 0 Å². The summed E-state index contributed by atoms with van der Waals surface area (Å²) in [6, 6.07) is 15.8. The summed E-state index contributed by atoms with van der Waals surface area (Å²) in [6.07, 6.45) is 0.629. The van der Waals surface area contributed by atoms with Gasteiger partial charge in [0.15, 0.2) is 0 Å². The summed E-state index contributed by atoms with van der Waals surface area (Å²) in [4.78, 5) is 39.9. The van der Waals surface area contributed by atoms with Gasteiger partial charge in [-0.3, -0.25) is 19.9 Å². The van der Waals surface area contributed by atoms with Crippen LogP contribution in [0.25, 0.3) is 22.3 Å². The molecule has 4 N–H and O–H groups in total. The minimum Gasteiger partial charge on any atom is -0.355 e. The number of carbonyl (C=O) groups is 1. The number of nitrogens with zero attached hydrogens (tertiary/aromatic N) is 2. The van der Waals surface area contributed by atoms with Crippen molar-refractivity contribution >= 4 is 63.4 Å². The lowest BCUT2D eigenvalue weighted by Crippen LogP contribution is -2.14. The van der Waals surface area contributed by atoms with Gasteiger partial charge in [0.1, 0.15) is 0 Å². The third-order valence-electron chi connectivity index (χ3n) is 5.20. The van der Waals surface area contributed by atoms with Gasteiger partial charge in [0.25, 0.3) is 11.5 Å². The predicted octanol–water partition coefficient (Wildman–Crippen LogP) is 5.59. The first-order valence-corrected chi connectivity index (χ1v) is 12.2. The lowest BCUT2D eigenvalue weighted by atomic mass is 10.1. The number of hydrogen-bond acceptors (Lipinski definition) is 6. The highest BCUT2D eigenvalue weighted by molar-refractivity contribution is 7.12. The second kappa shape index (κ2) is 9.91. The van der Waals surface area contributed by atoms with E-state index < -0.39 is 0 Å². The quantitative estimate of drug-likeness (QED) is 0.221. The van der Waals surface area contributed by atoms with Gasteiger partial charge >= 0.3 is 0 Å². The average Bonchev–Trinajstić information content (AvgIpc) is 3.49. The number of anilines is 2. The number of aromatic nitrogens is 4. The Balaban J connectivity index is 1.32. The number of nitrogens with one attached hydrogen (secondary N) is 4. The van der Waals surface area contributed by atoms with Crippen molar-refractivity contribution in [3.8, 4) is 11.3 Å². The minimum atomic E-state index is -0.282. The van der Waals surface area contributed by atoms with Gasteiger partial charge in [0, 0.05) is 28.2 Å². The van der Waals surface area contributed by atoms with Crippen molar-refractivity contribution in [1.29, 1.82) is 0 Å². The zero-order chi connectivity index (χ0) is 24.4. The van der Waals surface area contributed by atoms with Gasteiger partial charge < -0.3 is 10.3 Å². The van der Waals surface area contributed by atoms with Crippen LogP contribution in [0.3, 0.4) is 0 Å². The van der Waals surface area contributed by atoms with Crippen LogP contribution >= 0.6 is 34.5 Å². The zero-order valence-corrected chi connectivity index (χ0v) is 20.4. The standard InChI is InChI=1S/C24H18Cl2N6O2S/c25-15-5-3-13(16(26)11-15)7-8-27-23-29-18(12-21(33)31-23)14-4-6-17-19(10-14)30-24(28-17)32-22(34)20-2-1-9-35-20/h1-6,9-12H,7-8H2,(H2,27,29,31,33)(H2,28,30,32,34). The van der Waals surface area contributed by atoms with Gasteiger partial charge in [-0.25, -0.2) is 9.97 Å². The van der Waals surface area contributed by atoms with Crippen molar-refractivity contribution in [2.45, 2.75) is 6.42 Å². The Morgan fingerprint density at radius 3 is 2.69 bits per heavy atom. The van der Waals surface area contributed by atoms with Gasteiger partial charge in [-0.15, -0.1) is 11.3 Å². The Morgan fingerprint density at radius 2 is 1.89 bits per heavy atom. The summed E-state index contributed by atoms with van der Waals surface area (Å²) >= 11 is 13.5. The van der Waals surface area contributed by atoms with E-state index in [0.29, 0.717) is 56.5 Å². The lowest BCUT2D eigenvalue weighted by molar-refractivity contribution is 0.103. The molecule has 0 aliphatic rings. The number of imidazole rings is 1. The molecule has 176 valence electrons. The summed E-state index contributed by atoms with van der Waals surface area (Å²) < 4.78 is 0. The lowest BCUT2D eigenvalue weighted by Gasteiger charge is -2.09. The molecule has 0 aliphatic heterocycles. The molecule has 0 saturated carbocycles. The van der Waals surface area contributed by atoms with Crippen LogP contribution in [0, 0.1) is 0 Å². The maximum Gasteiger partial charge on any atom is 0.268 e. The SMILES string of the molecule is O=C(Nc1nc2ccc(-c3cc(=O)[nH]c(NCCc4ccc(Cl)cc4Cl)n3)cc2[nH]1)c1cccs1. The normalized spacial score (nSPS) is 11.0. The molecule has 0 bridgehead atoms. The Hall–Kier alpha value is -3.66. The van der Waals surface area contributed by atoms with E-state index in [4.69, 9.17) is 23.2 Å². The Morgan fingerprint density at radius 1 is 1.00 bits per heavy atom. The molecular formula is C24H18Cl2N6O2S. The maximum absolute atomic E-state index is 12.3. The Kier molecular flexibility index (Phi) is 6.54. The van der Waals surface area contributed by atoms with Crippen LogP contribution in [0.4, 0.5) is 11.9 Å². The highest BCUT2D eigenvalue weighted by Gasteiger charge is 2.12. The Bertz CT molecular complexity index is 1580. The second-order valence-corrected chi connectivity index (χ2v) is 9.43. The van der Waals surface area contributed by atoms with Gasteiger partial charge in [0.2, 0.25) is 11.9 Å². The molecule has 8 nitrogen and oxygen atoms in total. The first-order valence-electron chi connectivity index (χ1n) is 10.6. The molecule has 3 heterocycles. The summed E-state index contributed by atoms with van der Waals surface area (Å²) in [5.41, 5.74) is 3.27. The molecule has 0 aliphatic carbocycles. The van der Waals surface area contributed by atoms with E-state index in [-0.39, 0.29) is 11.5 Å². The molecule has 0 unspecified atom stereocenters. The topological polar surface area (TPSA) is 116 Å². The number of halogens is 2. The third kappa shape index (κ3) is 5.37. The first kappa shape index (κ1) is 23.1. The number of amides is 1. The fraction of sp³-hybridized carbons (Fsp3) is 0.0833. The molecule has 0 atom stereocenters. The number of hydrogen-bond donors (Lipinski definition) is 4. The van der Waals surface area contributed by atoms with Crippen molar-refractivity contribution in [1.82, 2.24) is 19.9 Å². The predicted molar refractivity (Wildman–Crippen MR) is 141 cm³/mol. The van der Waals surface area contributed by atoms with E-state index in [1.54, 1.807) is 24.3 Å². The van der Waals surface area contributed by atoms with E-state index in [1.807, 2.05) is 29.6 Å². The smallest absolute Gasteiger partial charge is 0.268 e. The van der Waals surface area contributed by atoms with Gasteiger partial charge in [0.05, 0.1) is 21.6 Å². The van der Waals surface area contributed by atoms with Crippen molar-refractivity contribution in [3.05, 3.63) is 90.8 Å². The summed E-state index contributed by atoms with van der Waals surface area (Å²) in [5.74, 6) is 0.468. The zero-order valence-electron chi connectivity index (χ0n) is 18.1. The van der Waals surface area contributed by atoms with Crippen LogP contribution < -0.4 is 16.2 Å². The molecule has 0 fully saturated rings. The number of H-pyrrole nitrogens is 2. The van der Waals surface area contributed by atoms with Crippen LogP contribution in [0.15, 0.2) is 64.8 Å². The van der Waals surface area contributed by atoms with Gasteiger partial charge in [-0.1, -0.05) is 41.4 Å². The van der Waals surface area contributed by atoms with Crippen LogP contribution in [0.5, 0.6) is 0 Å². The third-order valence-corrected chi connectivity index (χ3v) is 6.65.